The number of rotatable bonds is 3. The monoisotopic (exact) mass is 340 g/mol. The van der Waals surface area contributed by atoms with Crippen molar-refractivity contribution in [3.8, 4) is 0 Å². The summed E-state index contributed by atoms with van der Waals surface area (Å²) >= 11 is 0. The van der Waals surface area contributed by atoms with Crippen LogP contribution >= 0.6 is 0 Å². The number of fused-ring (bicyclic) bond motifs is 3. The average molecular weight is 340 g/mol. The molecule has 2 fully saturated rings. The van der Waals surface area contributed by atoms with Gasteiger partial charge < -0.3 is 11.1 Å². The summed E-state index contributed by atoms with van der Waals surface area (Å²) in [5, 5.41) is 8.70. The third kappa shape index (κ3) is 3.18. The highest BCUT2D eigenvalue weighted by molar-refractivity contribution is 5.81. The van der Waals surface area contributed by atoms with Crippen LogP contribution in [0.3, 0.4) is 0 Å². The summed E-state index contributed by atoms with van der Waals surface area (Å²) < 4.78 is 1.25. The van der Waals surface area contributed by atoms with Gasteiger partial charge in [-0.3, -0.25) is 9.59 Å². The van der Waals surface area contributed by atoms with Crippen LogP contribution in [0.15, 0.2) is 35.3 Å². The van der Waals surface area contributed by atoms with Crippen molar-refractivity contribution in [1.29, 1.82) is 0 Å². The standard InChI is InChI=1S/C19H24N4O2/c20-15-8-12-5-3-6-13(9-15)18(12)22-17(24)11-23-19(25)16-7-2-1-4-14(16)10-21-23/h1-2,4,7,10,12-13,15,18H,3,5-6,8-9,11,20H2,(H,22,24). The highest BCUT2D eigenvalue weighted by atomic mass is 16.2. The van der Waals surface area contributed by atoms with E-state index in [1.165, 1.54) is 11.1 Å². The molecule has 0 saturated heterocycles. The maximum Gasteiger partial charge on any atom is 0.275 e. The van der Waals surface area contributed by atoms with Crippen LogP contribution in [0.5, 0.6) is 0 Å². The molecule has 1 heterocycles. The number of benzene rings is 1. The fourth-order valence-corrected chi connectivity index (χ4v) is 4.63. The fraction of sp³-hybridized carbons (Fsp3) is 0.526. The van der Waals surface area contributed by atoms with E-state index in [1.54, 1.807) is 12.3 Å². The molecule has 6 nitrogen and oxygen atoms in total. The van der Waals surface area contributed by atoms with Crippen molar-refractivity contribution in [2.24, 2.45) is 17.6 Å². The van der Waals surface area contributed by atoms with E-state index < -0.39 is 0 Å². The van der Waals surface area contributed by atoms with Gasteiger partial charge in [-0.15, -0.1) is 0 Å². The van der Waals surface area contributed by atoms with Crippen LogP contribution in [0.4, 0.5) is 0 Å². The van der Waals surface area contributed by atoms with Crippen LogP contribution < -0.4 is 16.6 Å². The zero-order chi connectivity index (χ0) is 17.4. The molecule has 2 saturated carbocycles. The zero-order valence-electron chi connectivity index (χ0n) is 14.2. The Morgan fingerprint density at radius 2 is 1.96 bits per heavy atom. The lowest BCUT2D eigenvalue weighted by atomic mass is 9.67. The summed E-state index contributed by atoms with van der Waals surface area (Å²) in [5.74, 6) is 0.794. The number of carbonyl (C=O) groups excluding carboxylic acids is 1. The number of aromatic nitrogens is 2. The molecule has 0 radical (unpaired) electrons. The van der Waals surface area contributed by atoms with Gasteiger partial charge in [-0.05, 0) is 43.6 Å². The van der Waals surface area contributed by atoms with E-state index in [-0.39, 0.29) is 30.1 Å². The van der Waals surface area contributed by atoms with Gasteiger partial charge in [0, 0.05) is 17.5 Å². The normalized spacial score (nSPS) is 28.7. The first-order valence-corrected chi connectivity index (χ1v) is 9.11. The largest absolute Gasteiger partial charge is 0.351 e. The van der Waals surface area contributed by atoms with Gasteiger partial charge in [0.2, 0.25) is 5.91 Å². The van der Waals surface area contributed by atoms with Crippen LogP contribution in [0.1, 0.15) is 32.1 Å². The molecule has 6 heteroatoms. The minimum absolute atomic E-state index is 0.0361. The number of nitrogens with one attached hydrogen (secondary N) is 1. The third-order valence-electron chi connectivity index (χ3n) is 5.76. The second kappa shape index (κ2) is 6.59. The maximum absolute atomic E-state index is 12.5. The average Bonchev–Trinajstić information content (AvgIpc) is 2.58. The molecule has 0 aliphatic heterocycles. The van der Waals surface area contributed by atoms with Crippen LogP contribution in [0.25, 0.3) is 10.8 Å². The minimum Gasteiger partial charge on any atom is -0.351 e. The van der Waals surface area contributed by atoms with Crippen LogP contribution in [0.2, 0.25) is 0 Å². The lowest BCUT2D eigenvalue weighted by Gasteiger charge is -2.45. The van der Waals surface area contributed by atoms with Gasteiger partial charge in [0.25, 0.3) is 5.56 Å². The first kappa shape index (κ1) is 16.3. The van der Waals surface area contributed by atoms with Crippen molar-refractivity contribution in [2.75, 3.05) is 0 Å². The van der Waals surface area contributed by atoms with E-state index in [1.807, 2.05) is 18.2 Å². The summed E-state index contributed by atoms with van der Waals surface area (Å²) in [6.07, 6.45) is 7.08. The molecule has 2 aromatic rings. The zero-order valence-corrected chi connectivity index (χ0v) is 14.2. The molecule has 1 amide bonds. The number of nitrogens with two attached hydrogens (primary N) is 1. The highest BCUT2D eigenvalue weighted by Gasteiger charge is 2.39. The second-order valence-corrected chi connectivity index (χ2v) is 7.47. The number of nitrogens with zero attached hydrogens (tertiary/aromatic N) is 2. The number of hydrogen-bond acceptors (Lipinski definition) is 4. The first-order chi connectivity index (χ1) is 12.1. The van der Waals surface area contributed by atoms with Gasteiger partial charge in [0.1, 0.15) is 6.54 Å². The molecule has 2 bridgehead atoms. The topological polar surface area (TPSA) is 90.0 Å². The van der Waals surface area contributed by atoms with Crippen molar-refractivity contribution in [1.82, 2.24) is 15.1 Å². The third-order valence-corrected chi connectivity index (χ3v) is 5.76. The molecule has 2 unspecified atom stereocenters. The predicted octanol–water partition coefficient (Wildman–Crippen LogP) is 1.42. The van der Waals surface area contributed by atoms with E-state index in [4.69, 9.17) is 5.73 Å². The van der Waals surface area contributed by atoms with Crippen LogP contribution in [-0.2, 0) is 11.3 Å². The molecule has 2 aliphatic rings. The number of carbonyl (C=O) groups is 1. The Labute approximate surface area is 146 Å². The summed E-state index contributed by atoms with van der Waals surface area (Å²) in [6.45, 7) is -0.0361. The van der Waals surface area contributed by atoms with Crippen molar-refractivity contribution < 1.29 is 4.79 Å². The molecule has 3 N–H and O–H groups in total. The molecule has 0 spiro atoms. The van der Waals surface area contributed by atoms with E-state index in [9.17, 15) is 9.59 Å². The van der Waals surface area contributed by atoms with Gasteiger partial charge in [-0.2, -0.15) is 5.10 Å². The van der Waals surface area contributed by atoms with Crippen molar-refractivity contribution >= 4 is 16.7 Å². The number of hydrogen-bond donors (Lipinski definition) is 2. The lowest BCUT2D eigenvalue weighted by Crippen LogP contribution is -2.54. The lowest BCUT2D eigenvalue weighted by molar-refractivity contribution is -0.124. The van der Waals surface area contributed by atoms with Gasteiger partial charge in [-0.25, -0.2) is 4.68 Å². The van der Waals surface area contributed by atoms with Crippen molar-refractivity contribution in [3.63, 3.8) is 0 Å². The van der Waals surface area contributed by atoms with Gasteiger partial charge in [0.05, 0.1) is 11.6 Å². The molecular formula is C19H24N4O2. The van der Waals surface area contributed by atoms with E-state index in [2.05, 4.69) is 10.4 Å². The smallest absolute Gasteiger partial charge is 0.275 e. The van der Waals surface area contributed by atoms with E-state index in [0.717, 1.165) is 31.1 Å². The quantitative estimate of drug-likeness (QED) is 0.884. The molecule has 2 atom stereocenters. The second-order valence-electron chi connectivity index (χ2n) is 7.47. The minimum atomic E-state index is -0.223. The highest BCUT2D eigenvalue weighted by Crippen LogP contribution is 2.39. The Morgan fingerprint density at radius 1 is 1.24 bits per heavy atom. The van der Waals surface area contributed by atoms with Crippen LogP contribution in [-0.4, -0.2) is 27.8 Å². The van der Waals surface area contributed by atoms with Gasteiger partial charge in [0.15, 0.2) is 0 Å². The van der Waals surface area contributed by atoms with Gasteiger partial charge >= 0.3 is 0 Å². The molecule has 2 aliphatic carbocycles. The van der Waals surface area contributed by atoms with E-state index in [0.29, 0.717) is 17.2 Å². The van der Waals surface area contributed by atoms with E-state index >= 15 is 0 Å². The summed E-state index contributed by atoms with van der Waals surface area (Å²) in [5.41, 5.74) is 5.92. The Balaban J connectivity index is 1.49. The molecule has 132 valence electrons. The Kier molecular flexibility index (Phi) is 4.29. The van der Waals surface area contributed by atoms with Gasteiger partial charge in [-0.1, -0.05) is 24.6 Å². The Hall–Kier alpha value is -2.21. The predicted molar refractivity (Wildman–Crippen MR) is 96.0 cm³/mol. The fourth-order valence-electron chi connectivity index (χ4n) is 4.63. The van der Waals surface area contributed by atoms with Crippen molar-refractivity contribution in [2.45, 2.75) is 50.7 Å². The first-order valence-electron chi connectivity index (χ1n) is 9.11. The SMILES string of the molecule is NC1CC2CCCC(C1)C2NC(=O)Cn1ncc2ccccc2c1=O. The summed E-state index contributed by atoms with van der Waals surface area (Å²) in [7, 11) is 0. The molecule has 4 rings (SSSR count). The maximum atomic E-state index is 12.5. The van der Waals surface area contributed by atoms with Crippen molar-refractivity contribution in [3.05, 3.63) is 40.8 Å². The van der Waals surface area contributed by atoms with Crippen LogP contribution in [0, 0.1) is 11.8 Å². The summed E-state index contributed by atoms with van der Waals surface area (Å²) in [4.78, 5) is 25.0. The Morgan fingerprint density at radius 3 is 2.72 bits per heavy atom. The molecule has 1 aromatic heterocycles. The Bertz CT molecular complexity index is 833. The molecule has 25 heavy (non-hydrogen) atoms. The summed E-state index contributed by atoms with van der Waals surface area (Å²) in [6, 6.07) is 7.75. The molecule has 1 aromatic carbocycles. The number of amides is 1. The molecular weight excluding hydrogens is 316 g/mol.